The lowest BCUT2D eigenvalue weighted by atomic mass is 10.2. The van der Waals surface area contributed by atoms with E-state index >= 15 is 0 Å². The quantitative estimate of drug-likeness (QED) is 0.323. The van der Waals surface area contributed by atoms with Gasteiger partial charge in [0.25, 0.3) is 0 Å². The zero-order valence-electron chi connectivity index (χ0n) is 9.46. The molecule has 80 valence electrons. The summed E-state index contributed by atoms with van der Waals surface area (Å²) in [5.74, 6) is 0.245. The predicted molar refractivity (Wildman–Crippen MR) is 62.3 cm³/mol. The SMILES string of the molecule is CCCCC=CCC=CC(=O)CCC. The molecule has 0 saturated heterocycles. The second-order valence-electron chi connectivity index (χ2n) is 3.47. The van der Waals surface area contributed by atoms with E-state index in [0.29, 0.717) is 6.42 Å². The van der Waals surface area contributed by atoms with E-state index in [2.05, 4.69) is 19.1 Å². The second kappa shape index (κ2) is 10.2. The Balaban J connectivity index is 3.42. The molecular weight excluding hydrogens is 172 g/mol. The molecule has 0 heterocycles. The highest BCUT2D eigenvalue weighted by Gasteiger charge is 1.90. The maximum atomic E-state index is 11.1. The summed E-state index contributed by atoms with van der Waals surface area (Å²) in [7, 11) is 0. The van der Waals surface area contributed by atoms with Crippen LogP contribution in [0.1, 0.15) is 52.4 Å². The number of carbonyl (C=O) groups is 1. The van der Waals surface area contributed by atoms with Gasteiger partial charge in [-0.3, -0.25) is 4.79 Å². The Bertz CT molecular complexity index is 189. The van der Waals surface area contributed by atoms with Gasteiger partial charge in [-0.1, -0.05) is 44.9 Å². The first kappa shape index (κ1) is 13.2. The third-order valence-electron chi connectivity index (χ3n) is 1.96. The van der Waals surface area contributed by atoms with Crippen molar-refractivity contribution in [3.63, 3.8) is 0 Å². The Labute approximate surface area is 87.9 Å². The van der Waals surface area contributed by atoms with E-state index in [1.165, 1.54) is 12.8 Å². The van der Waals surface area contributed by atoms with Crippen molar-refractivity contribution >= 4 is 5.78 Å². The Morgan fingerprint density at radius 3 is 2.50 bits per heavy atom. The largest absolute Gasteiger partial charge is 0.295 e. The lowest BCUT2D eigenvalue weighted by Crippen LogP contribution is -1.89. The zero-order chi connectivity index (χ0) is 10.6. The summed E-state index contributed by atoms with van der Waals surface area (Å²) in [6.07, 6.45) is 14.1. The van der Waals surface area contributed by atoms with Gasteiger partial charge in [0.05, 0.1) is 0 Å². The molecule has 0 bridgehead atoms. The van der Waals surface area contributed by atoms with Gasteiger partial charge in [-0.15, -0.1) is 0 Å². The molecule has 1 nitrogen and oxygen atoms in total. The van der Waals surface area contributed by atoms with E-state index in [1.807, 2.05) is 13.0 Å². The monoisotopic (exact) mass is 194 g/mol. The molecule has 0 aliphatic carbocycles. The fourth-order valence-corrected chi connectivity index (χ4v) is 1.14. The molecule has 0 radical (unpaired) electrons. The van der Waals surface area contributed by atoms with Gasteiger partial charge in [0.1, 0.15) is 0 Å². The van der Waals surface area contributed by atoms with Gasteiger partial charge < -0.3 is 0 Å². The fraction of sp³-hybridized carbons (Fsp3) is 0.615. The fourth-order valence-electron chi connectivity index (χ4n) is 1.14. The highest BCUT2D eigenvalue weighted by molar-refractivity contribution is 5.89. The van der Waals surface area contributed by atoms with E-state index in [9.17, 15) is 4.79 Å². The first-order valence-corrected chi connectivity index (χ1v) is 5.65. The molecule has 0 aromatic rings. The molecule has 0 amide bonds. The zero-order valence-corrected chi connectivity index (χ0v) is 9.46. The van der Waals surface area contributed by atoms with Crippen molar-refractivity contribution in [3.8, 4) is 0 Å². The summed E-state index contributed by atoms with van der Waals surface area (Å²) < 4.78 is 0. The molecular formula is C13H22O. The van der Waals surface area contributed by atoms with E-state index in [1.54, 1.807) is 6.08 Å². The van der Waals surface area contributed by atoms with Gasteiger partial charge in [-0.25, -0.2) is 0 Å². The van der Waals surface area contributed by atoms with Crippen LogP contribution in [-0.4, -0.2) is 5.78 Å². The van der Waals surface area contributed by atoms with Gasteiger partial charge in [0.2, 0.25) is 0 Å². The van der Waals surface area contributed by atoms with Crippen molar-refractivity contribution in [2.45, 2.75) is 52.4 Å². The first-order valence-electron chi connectivity index (χ1n) is 5.65. The summed E-state index contributed by atoms with van der Waals surface area (Å²) in [6.45, 7) is 4.22. The molecule has 0 atom stereocenters. The summed E-state index contributed by atoms with van der Waals surface area (Å²) in [5.41, 5.74) is 0. The molecule has 0 aromatic heterocycles. The molecule has 0 N–H and O–H groups in total. The summed E-state index contributed by atoms with van der Waals surface area (Å²) >= 11 is 0. The molecule has 0 rings (SSSR count). The first-order chi connectivity index (χ1) is 6.81. The molecule has 0 aromatic carbocycles. The minimum Gasteiger partial charge on any atom is -0.295 e. The number of allylic oxidation sites excluding steroid dienone is 4. The lowest BCUT2D eigenvalue weighted by molar-refractivity contribution is -0.114. The van der Waals surface area contributed by atoms with Crippen LogP contribution < -0.4 is 0 Å². The highest BCUT2D eigenvalue weighted by atomic mass is 16.1. The number of ketones is 1. The van der Waals surface area contributed by atoms with Crippen LogP contribution in [0.5, 0.6) is 0 Å². The molecule has 0 unspecified atom stereocenters. The summed E-state index contributed by atoms with van der Waals surface area (Å²) in [6, 6.07) is 0. The van der Waals surface area contributed by atoms with Gasteiger partial charge in [0.15, 0.2) is 5.78 Å². The van der Waals surface area contributed by atoms with Crippen LogP contribution in [0.2, 0.25) is 0 Å². The van der Waals surface area contributed by atoms with E-state index in [-0.39, 0.29) is 5.78 Å². The van der Waals surface area contributed by atoms with Crippen LogP contribution in [0.3, 0.4) is 0 Å². The molecule has 0 fully saturated rings. The normalized spacial score (nSPS) is 11.6. The van der Waals surface area contributed by atoms with E-state index in [4.69, 9.17) is 0 Å². The standard InChI is InChI=1S/C13H22O/c1-3-5-6-7-8-9-10-12-13(14)11-4-2/h7-8,10,12H,3-6,9,11H2,1-2H3. The maximum absolute atomic E-state index is 11.1. The lowest BCUT2D eigenvalue weighted by Gasteiger charge is -1.89. The minimum absolute atomic E-state index is 0.245. The van der Waals surface area contributed by atoms with Gasteiger partial charge >= 0.3 is 0 Å². The van der Waals surface area contributed by atoms with Crippen molar-refractivity contribution in [2.24, 2.45) is 0 Å². The summed E-state index contributed by atoms with van der Waals surface area (Å²) in [5, 5.41) is 0. The van der Waals surface area contributed by atoms with Crippen LogP contribution in [0, 0.1) is 0 Å². The van der Waals surface area contributed by atoms with E-state index in [0.717, 1.165) is 19.3 Å². The van der Waals surface area contributed by atoms with Crippen LogP contribution >= 0.6 is 0 Å². The maximum Gasteiger partial charge on any atom is 0.155 e. The Morgan fingerprint density at radius 2 is 1.86 bits per heavy atom. The van der Waals surface area contributed by atoms with Crippen molar-refractivity contribution in [3.05, 3.63) is 24.3 Å². The number of hydrogen-bond acceptors (Lipinski definition) is 1. The molecule has 0 spiro atoms. The molecule has 14 heavy (non-hydrogen) atoms. The average Bonchev–Trinajstić information content (AvgIpc) is 2.17. The van der Waals surface area contributed by atoms with Crippen LogP contribution in [0.25, 0.3) is 0 Å². The smallest absolute Gasteiger partial charge is 0.155 e. The molecule has 0 saturated carbocycles. The van der Waals surface area contributed by atoms with Crippen molar-refractivity contribution in [1.82, 2.24) is 0 Å². The van der Waals surface area contributed by atoms with Gasteiger partial charge in [0, 0.05) is 6.42 Å². The Morgan fingerprint density at radius 1 is 1.07 bits per heavy atom. The predicted octanol–water partition coefficient (Wildman–Crippen LogP) is 4.05. The van der Waals surface area contributed by atoms with Crippen LogP contribution in [0.15, 0.2) is 24.3 Å². The van der Waals surface area contributed by atoms with Crippen molar-refractivity contribution < 1.29 is 4.79 Å². The van der Waals surface area contributed by atoms with Crippen LogP contribution in [-0.2, 0) is 4.79 Å². The van der Waals surface area contributed by atoms with E-state index < -0.39 is 0 Å². The van der Waals surface area contributed by atoms with Crippen LogP contribution in [0.4, 0.5) is 0 Å². The molecule has 0 aliphatic heterocycles. The minimum atomic E-state index is 0.245. The topological polar surface area (TPSA) is 17.1 Å². The summed E-state index contributed by atoms with van der Waals surface area (Å²) in [4.78, 5) is 11.1. The Kier molecular flexibility index (Phi) is 9.61. The second-order valence-corrected chi connectivity index (χ2v) is 3.47. The third-order valence-corrected chi connectivity index (χ3v) is 1.96. The molecule has 0 aliphatic rings. The average molecular weight is 194 g/mol. The van der Waals surface area contributed by atoms with Crippen molar-refractivity contribution in [2.75, 3.05) is 0 Å². The van der Waals surface area contributed by atoms with Gasteiger partial charge in [-0.2, -0.15) is 0 Å². The van der Waals surface area contributed by atoms with Crippen molar-refractivity contribution in [1.29, 1.82) is 0 Å². The number of rotatable bonds is 8. The Hall–Kier alpha value is -0.850. The number of unbranched alkanes of at least 4 members (excludes halogenated alkanes) is 2. The van der Waals surface area contributed by atoms with Gasteiger partial charge in [-0.05, 0) is 25.3 Å². The molecule has 1 heteroatoms. The number of carbonyl (C=O) groups excluding carboxylic acids is 1. The third kappa shape index (κ3) is 9.24. The highest BCUT2D eigenvalue weighted by Crippen LogP contribution is 1.97. The number of hydrogen-bond donors (Lipinski definition) is 0.